The number of carbonyl (C=O) groups excluding carboxylic acids is 1. The lowest BCUT2D eigenvalue weighted by molar-refractivity contribution is -0.119. The Balaban J connectivity index is 0.00000420. The highest BCUT2D eigenvalue weighted by Crippen LogP contribution is 2.38. The molecule has 0 bridgehead atoms. The number of nitrogens with zero attached hydrogens (tertiary/aromatic N) is 2. The number of hydrogen-bond acceptors (Lipinski definition) is 5. The van der Waals surface area contributed by atoms with Crippen LogP contribution in [-0.2, 0) is 11.3 Å². The van der Waals surface area contributed by atoms with Crippen molar-refractivity contribution < 1.29 is 19.0 Å². The summed E-state index contributed by atoms with van der Waals surface area (Å²) in [7, 11) is 4.78. The number of guanidine groups is 1. The van der Waals surface area contributed by atoms with Gasteiger partial charge < -0.3 is 30.2 Å². The van der Waals surface area contributed by atoms with Gasteiger partial charge in [-0.25, -0.2) is 4.99 Å². The molecule has 1 heterocycles. The predicted molar refractivity (Wildman–Crippen MR) is 124 cm³/mol. The van der Waals surface area contributed by atoms with Gasteiger partial charge in [0.1, 0.15) is 0 Å². The van der Waals surface area contributed by atoms with Crippen LogP contribution in [0.3, 0.4) is 0 Å². The molecule has 8 nitrogen and oxygen atoms in total. The number of ether oxygens (including phenoxy) is 3. The molecule has 2 rings (SSSR count). The third-order valence-electron chi connectivity index (χ3n) is 4.78. The number of nitrogens with one attached hydrogen (secondary N) is 1. The number of nitrogens with two attached hydrogens (primary N) is 1. The summed E-state index contributed by atoms with van der Waals surface area (Å²) < 4.78 is 16.2. The fraction of sp³-hybridized carbons (Fsp3) is 0.600. The van der Waals surface area contributed by atoms with Gasteiger partial charge in [0.05, 0.1) is 27.9 Å². The summed E-state index contributed by atoms with van der Waals surface area (Å²) in [5, 5.41) is 3.35. The molecule has 1 aliphatic heterocycles. The third kappa shape index (κ3) is 7.13. The Morgan fingerprint density at radius 1 is 1.24 bits per heavy atom. The average Bonchev–Trinajstić information content (AvgIpc) is 2.69. The topological polar surface area (TPSA) is 98.4 Å². The first kappa shape index (κ1) is 25.1. The van der Waals surface area contributed by atoms with Gasteiger partial charge in [-0.1, -0.05) is 0 Å². The number of rotatable bonds is 8. The number of carbonyl (C=O) groups is 1. The smallest absolute Gasteiger partial charge is 0.217 e. The van der Waals surface area contributed by atoms with E-state index in [1.54, 1.807) is 21.3 Å². The summed E-state index contributed by atoms with van der Waals surface area (Å²) in [6.45, 7) is 4.97. The lowest BCUT2D eigenvalue weighted by Crippen LogP contribution is -2.47. The Kier molecular flexibility index (Phi) is 10.9. The first-order valence-corrected chi connectivity index (χ1v) is 9.62. The molecule has 3 N–H and O–H groups in total. The minimum Gasteiger partial charge on any atom is -0.493 e. The molecule has 0 spiro atoms. The number of halogens is 1. The zero-order valence-electron chi connectivity index (χ0n) is 17.7. The monoisotopic (exact) mass is 520 g/mol. The van der Waals surface area contributed by atoms with E-state index in [9.17, 15) is 4.79 Å². The van der Waals surface area contributed by atoms with E-state index in [1.165, 1.54) is 0 Å². The van der Waals surface area contributed by atoms with E-state index in [0.29, 0.717) is 30.2 Å². The van der Waals surface area contributed by atoms with Gasteiger partial charge in [0, 0.05) is 26.1 Å². The van der Waals surface area contributed by atoms with E-state index in [-0.39, 0.29) is 35.8 Å². The highest BCUT2D eigenvalue weighted by atomic mass is 127. The van der Waals surface area contributed by atoms with Crippen LogP contribution in [0, 0.1) is 5.92 Å². The number of aliphatic imine (C=N–C) groups is 1. The number of methoxy groups -OCH3 is 3. The second-order valence-corrected chi connectivity index (χ2v) is 6.83. The fourth-order valence-electron chi connectivity index (χ4n) is 3.53. The Bertz CT molecular complexity index is 674. The van der Waals surface area contributed by atoms with Gasteiger partial charge in [0.25, 0.3) is 0 Å². The number of piperidine rings is 1. The van der Waals surface area contributed by atoms with Crippen molar-refractivity contribution in [1.29, 1.82) is 0 Å². The summed E-state index contributed by atoms with van der Waals surface area (Å²) in [4.78, 5) is 18.3. The summed E-state index contributed by atoms with van der Waals surface area (Å²) in [5.41, 5.74) is 6.33. The van der Waals surface area contributed by atoms with E-state index in [2.05, 4.69) is 10.2 Å². The van der Waals surface area contributed by atoms with Crippen molar-refractivity contribution in [2.24, 2.45) is 16.6 Å². The maximum Gasteiger partial charge on any atom is 0.217 e. The number of benzene rings is 1. The maximum atomic E-state index is 11.3. The second kappa shape index (κ2) is 12.6. The molecule has 164 valence electrons. The zero-order chi connectivity index (χ0) is 20.5. The van der Waals surface area contributed by atoms with E-state index in [1.807, 2.05) is 19.1 Å². The van der Waals surface area contributed by atoms with Crippen LogP contribution < -0.4 is 25.3 Å². The van der Waals surface area contributed by atoms with E-state index >= 15 is 0 Å². The number of hydrogen-bond donors (Lipinski definition) is 2. The fourth-order valence-corrected chi connectivity index (χ4v) is 3.53. The van der Waals surface area contributed by atoms with Gasteiger partial charge in [-0.3, -0.25) is 4.79 Å². The molecule has 1 atom stereocenters. The molecule has 0 radical (unpaired) electrons. The molecule has 1 aromatic rings. The average molecular weight is 520 g/mol. The molecule has 29 heavy (non-hydrogen) atoms. The molecule has 1 aliphatic rings. The van der Waals surface area contributed by atoms with Crippen molar-refractivity contribution in [1.82, 2.24) is 10.2 Å². The lowest BCUT2D eigenvalue weighted by atomic mass is 9.95. The molecule has 0 saturated carbocycles. The van der Waals surface area contributed by atoms with Crippen LogP contribution in [-0.4, -0.2) is 57.7 Å². The van der Waals surface area contributed by atoms with Crippen LogP contribution in [0.1, 0.15) is 31.7 Å². The molecule has 9 heteroatoms. The number of amides is 1. The predicted octanol–water partition coefficient (Wildman–Crippen LogP) is 2.38. The Morgan fingerprint density at radius 2 is 1.90 bits per heavy atom. The molecule has 0 aliphatic carbocycles. The van der Waals surface area contributed by atoms with Gasteiger partial charge >= 0.3 is 0 Å². The van der Waals surface area contributed by atoms with Gasteiger partial charge in [0.15, 0.2) is 17.5 Å². The molecule has 1 saturated heterocycles. The zero-order valence-corrected chi connectivity index (χ0v) is 20.0. The molecule has 1 aromatic carbocycles. The normalized spacial score (nSPS) is 16.6. The van der Waals surface area contributed by atoms with Gasteiger partial charge in [0.2, 0.25) is 11.7 Å². The minimum absolute atomic E-state index is 0. The molecule has 1 fully saturated rings. The molecule has 0 aromatic heterocycles. The SMILES string of the molecule is CCNC(=NCc1cc(OC)c(OC)c(OC)c1)N1CCCC(CC(N)=O)C1.I. The van der Waals surface area contributed by atoms with Crippen molar-refractivity contribution in [2.45, 2.75) is 32.7 Å². The van der Waals surface area contributed by atoms with Crippen LogP contribution in [0.5, 0.6) is 17.2 Å². The van der Waals surface area contributed by atoms with Crippen molar-refractivity contribution in [3.05, 3.63) is 17.7 Å². The van der Waals surface area contributed by atoms with Crippen LogP contribution in [0.15, 0.2) is 17.1 Å². The van der Waals surface area contributed by atoms with Crippen molar-refractivity contribution in [3.63, 3.8) is 0 Å². The molecule has 1 unspecified atom stereocenters. The van der Waals surface area contributed by atoms with Gasteiger partial charge in [-0.2, -0.15) is 0 Å². The Morgan fingerprint density at radius 3 is 2.41 bits per heavy atom. The number of likely N-dealkylation sites (tertiary alicyclic amines) is 1. The quantitative estimate of drug-likeness (QED) is 0.311. The molecular weight excluding hydrogens is 487 g/mol. The van der Waals surface area contributed by atoms with Crippen LogP contribution in [0.2, 0.25) is 0 Å². The molecular formula is C20H33IN4O4. The van der Waals surface area contributed by atoms with E-state index in [4.69, 9.17) is 24.9 Å². The second-order valence-electron chi connectivity index (χ2n) is 6.83. The third-order valence-corrected chi connectivity index (χ3v) is 4.78. The number of primary amides is 1. The standard InChI is InChI=1S/C20H32N4O4.HI/c1-5-22-20(24-8-6-7-14(13-24)11-18(21)25)23-12-15-9-16(26-2)19(28-4)17(10-15)27-3;/h9-10,14H,5-8,11-13H2,1-4H3,(H2,21,25)(H,22,23);1H. The summed E-state index contributed by atoms with van der Waals surface area (Å²) >= 11 is 0. The van der Waals surface area contributed by atoms with Gasteiger partial charge in [-0.05, 0) is 43.4 Å². The molecule has 1 amide bonds. The van der Waals surface area contributed by atoms with E-state index in [0.717, 1.165) is 44.0 Å². The largest absolute Gasteiger partial charge is 0.493 e. The first-order chi connectivity index (χ1) is 13.5. The minimum atomic E-state index is -0.244. The lowest BCUT2D eigenvalue weighted by Gasteiger charge is -2.34. The Hall–Kier alpha value is -1.91. The van der Waals surface area contributed by atoms with E-state index < -0.39 is 0 Å². The van der Waals surface area contributed by atoms with Crippen molar-refractivity contribution in [3.8, 4) is 17.2 Å². The van der Waals surface area contributed by atoms with Crippen LogP contribution in [0.4, 0.5) is 0 Å². The summed E-state index contributed by atoms with van der Waals surface area (Å²) in [6, 6.07) is 3.81. The van der Waals surface area contributed by atoms with Crippen LogP contribution >= 0.6 is 24.0 Å². The summed E-state index contributed by atoms with van der Waals surface area (Å²) in [6.07, 6.45) is 2.46. The van der Waals surface area contributed by atoms with Gasteiger partial charge in [-0.15, -0.1) is 24.0 Å². The maximum absolute atomic E-state index is 11.3. The Labute approximate surface area is 190 Å². The highest BCUT2D eigenvalue weighted by Gasteiger charge is 2.23. The summed E-state index contributed by atoms with van der Waals surface area (Å²) in [5.74, 6) is 2.65. The van der Waals surface area contributed by atoms with Crippen molar-refractivity contribution >= 4 is 35.8 Å². The highest BCUT2D eigenvalue weighted by molar-refractivity contribution is 14.0. The first-order valence-electron chi connectivity index (χ1n) is 9.62. The van der Waals surface area contributed by atoms with Crippen LogP contribution in [0.25, 0.3) is 0 Å². The van der Waals surface area contributed by atoms with Crippen molar-refractivity contribution in [2.75, 3.05) is 41.0 Å².